The van der Waals surface area contributed by atoms with Gasteiger partial charge in [0.1, 0.15) is 24.4 Å². The first-order chi connectivity index (χ1) is 26.8. The maximum atomic E-state index is 12.8. The number of carbonyl (C=O) groups excluding carboxylic acids is 1. The van der Waals surface area contributed by atoms with Crippen molar-refractivity contribution in [2.75, 3.05) is 13.2 Å². The second kappa shape index (κ2) is 35.5. The second-order valence-corrected chi connectivity index (χ2v) is 14.0. The third kappa shape index (κ3) is 26.6. The van der Waals surface area contributed by atoms with Crippen LogP contribution in [0.4, 0.5) is 0 Å². The Balaban J connectivity index is 2.32. The number of carbonyl (C=O) groups is 1. The van der Waals surface area contributed by atoms with E-state index in [0.29, 0.717) is 12.8 Å². The highest BCUT2D eigenvalue weighted by Crippen LogP contribution is 2.22. The lowest BCUT2D eigenvalue weighted by molar-refractivity contribution is -0.302. The normalized spacial score (nSPS) is 22.3. The molecule has 6 N–H and O–H groups in total. The number of rotatable bonds is 32. The highest BCUT2D eigenvalue weighted by atomic mass is 16.7. The number of hydrogen-bond acceptors (Lipinski definition) is 8. The number of allylic oxidation sites excluding steroid dienone is 15. The van der Waals surface area contributed by atoms with Crippen LogP contribution in [0, 0.1) is 0 Å². The van der Waals surface area contributed by atoms with Gasteiger partial charge < -0.3 is 40.3 Å². The van der Waals surface area contributed by atoms with Crippen LogP contribution in [0.3, 0.4) is 0 Å². The van der Waals surface area contributed by atoms with Gasteiger partial charge in [0.25, 0.3) is 0 Å². The maximum Gasteiger partial charge on any atom is 0.220 e. The molecule has 55 heavy (non-hydrogen) atoms. The molecule has 7 atom stereocenters. The minimum Gasteiger partial charge on any atom is -0.394 e. The average molecular weight is 770 g/mol. The lowest BCUT2D eigenvalue weighted by Gasteiger charge is -2.40. The van der Waals surface area contributed by atoms with Crippen molar-refractivity contribution in [1.29, 1.82) is 0 Å². The zero-order chi connectivity index (χ0) is 40.2. The zero-order valence-electron chi connectivity index (χ0n) is 33.9. The van der Waals surface area contributed by atoms with E-state index in [1.54, 1.807) is 6.08 Å². The summed E-state index contributed by atoms with van der Waals surface area (Å²) in [6.07, 6.45) is 43.3. The molecule has 1 amide bonds. The smallest absolute Gasteiger partial charge is 0.220 e. The average Bonchev–Trinajstić information content (AvgIpc) is 3.18. The Morgan fingerprint density at radius 1 is 0.636 bits per heavy atom. The number of aliphatic hydroxyl groups excluding tert-OH is 5. The Hall–Kier alpha value is -2.89. The SMILES string of the molecule is CC/C=C\C/C=C\C/C=C\C/C=C\C/C=C\C/C=C\C/C=C\CCCCCC(=O)NC(COC1OC(CO)C(O)C(O)C1O)C(O)/C=C/CCCCCCC. The third-order valence-electron chi connectivity index (χ3n) is 9.16. The van der Waals surface area contributed by atoms with Crippen LogP contribution >= 0.6 is 0 Å². The molecule has 0 aromatic rings. The quantitative estimate of drug-likeness (QED) is 0.0297. The maximum absolute atomic E-state index is 12.8. The van der Waals surface area contributed by atoms with Crippen LogP contribution < -0.4 is 5.32 Å². The minimum atomic E-state index is -1.58. The van der Waals surface area contributed by atoms with Gasteiger partial charge in [0, 0.05) is 6.42 Å². The summed E-state index contributed by atoms with van der Waals surface area (Å²) in [6.45, 7) is 3.53. The minimum absolute atomic E-state index is 0.210. The summed E-state index contributed by atoms with van der Waals surface area (Å²) in [5.74, 6) is -0.220. The molecule has 1 saturated heterocycles. The van der Waals surface area contributed by atoms with Gasteiger partial charge in [0.2, 0.25) is 5.91 Å². The topological polar surface area (TPSA) is 149 Å². The van der Waals surface area contributed by atoms with Crippen LogP contribution in [0.15, 0.2) is 97.2 Å². The summed E-state index contributed by atoms with van der Waals surface area (Å²) in [5, 5.41) is 53.8. The first kappa shape index (κ1) is 50.1. The van der Waals surface area contributed by atoms with Crippen molar-refractivity contribution >= 4 is 5.91 Å². The van der Waals surface area contributed by atoms with Gasteiger partial charge in [0.05, 0.1) is 25.4 Å². The number of aliphatic hydroxyl groups is 5. The summed E-state index contributed by atoms with van der Waals surface area (Å²) in [6, 6.07) is -0.826. The van der Waals surface area contributed by atoms with E-state index < -0.39 is 49.5 Å². The Morgan fingerprint density at radius 2 is 1.13 bits per heavy atom. The van der Waals surface area contributed by atoms with Gasteiger partial charge in [-0.05, 0) is 77.0 Å². The van der Waals surface area contributed by atoms with Gasteiger partial charge in [-0.3, -0.25) is 4.79 Å². The Bertz CT molecular complexity index is 1170. The van der Waals surface area contributed by atoms with E-state index in [1.165, 1.54) is 19.3 Å². The molecule has 1 aliphatic rings. The first-order valence-electron chi connectivity index (χ1n) is 21.0. The lowest BCUT2D eigenvalue weighted by Crippen LogP contribution is -2.60. The van der Waals surface area contributed by atoms with E-state index in [9.17, 15) is 30.3 Å². The number of hydrogen-bond donors (Lipinski definition) is 6. The summed E-state index contributed by atoms with van der Waals surface area (Å²) < 4.78 is 11.1. The van der Waals surface area contributed by atoms with Crippen LogP contribution in [0.2, 0.25) is 0 Å². The van der Waals surface area contributed by atoms with Crippen molar-refractivity contribution < 1.29 is 39.8 Å². The molecule has 0 aromatic heterocycles. The van der Waals surface area contributed by atoms with E-state index in [0.717, 1.165) is 83.5 Å². The summed E-state index contributed by atoms with van der Waals surface area (Å²) in [4.78, 5) is 12.8. The van der Waals surface area contributed by atoms with Crippen LogP contribution in [-0.4, -0.2) is 87.5 Å². The standard InChI is InChI=1S/C46H75NO8/c1-3-5-7-9-11-12-13-14-15-16-17-18-19-20-21-22-23-24-25-26-27-28-30-32-34-36-42(50)47-39(40(49)35-33-31-29-10-8-6-4-2)38-54-46-45(53)44(52)43(51)41(37-48)55-46/h5,7,11-12,14-15,17-18,20-21,23-24,26-27,33,35,39-41,43-46,48-49,51-53H,3-4,6,8-10,13,16,19,22,25,28-32,34,36-38H2,1-2H3,(H,47,50)/b7-5-,12-11-,15-14-,18-17-,21-20-,24-23-,27-26-,35-33+. The highest BCUT2D eigenvalue weighted by Gasteiger charge is 2.44. The van der Waals surface area contributed by atoms with Gasteiger partial charge >= 0.3 is 0 Å². The fourth-order valence-corrected chi connectivity index (χ4v) is 5.78. The monoisotopic (exact) mass is 770 g/mol. The number of unbranched alkanes of at least 4 members (excludes halogenated alkanes) is 8. The highest BCUT2D eigenvalue weighted by molar-refractivity contribution is 5.76. The van der Waals surface area contributed by atoms with Gasteiger partial charge in [-0.2, -0.15) is 0 Å². The Morgan fingerprint density at radius 3 is 1.65 bits per heavy atom. The predicted octanol–water partition coefficient (Wildman–Crippen LogP) is 8.16. The molecular formula is C46H75NO8. The lowest BCUT2D eigenvalue weighted by atomic mass is 9.99. The van der Waals surface area contributed by atoms with Crippen molar-refractivity contribution in [3.8, 4) is 0 Å². The molecule has 0 saturated carbocycles. The molecule has 9 nitrogen and oxygen atoms in total. The summed E-state index contributed by atoms with van der Waals surface area (Å²) >= 11 is 0. The molecule has 0 aromatic carbocycles. The van der Waals surface area contributed by atoms with E-state index in [4.69, 9.17) is 9.47 Å². The van der Waals surface area contributed by atoms with Crippen molar-refractivity contribution in [2.24, 2.45) is 0 Å². The molecule has 0 radical (unpaired) electrons. The molecule has 0 bridgehead atoms. The molecule has 9 heteroatoms. The van der Waals surface area contributed by atoms with Crippen molar-refractivity contribution in [3.63, 3.8) is 0 Å². The van der Waals surface area contributed by atoms with Gasteiger partial charge in [0.15, 0.2) is 6.29 Å². The van der Waals surface area contributed by atoms with Crippen LogP contribution in [0.1, 0.15) is 129 Å². The number of nitrogens with one attached hydrogen (secondary N) is 1. The molecular weight excluding hydrogens is 695 g/mol. The van der Waals surface area contributed by atoms with E-state index in [2.05, 4.69) is 104 Å². The van der Waals surface area contributed by atoms with Gasteiger partial charge in [-0.25, -0.2) is 0 Å². The van der Waals surface area contributed by atoms with Crippen LogP contribution in [0.5, 0.6) is 0 Å². The zero-order valence-corrected chi connectivity index (χ0v) is 33.9. The van der Waals surface area contributed by atoms with Gasteiger partial charge in [-0.1, -0.05) is 143 Å². The first-order valence-corrected chi connectivity index (χ1v) is 21.0. The van der Waals surface area contributed by atoms with Crippen LogP contribution in [0.25, 0.3) is 0 Å². The number of amides is 1. The molecule has 7 unspecified atom stereocenters. The Kier molecular flexibility index (Phi) is 32.4. The summed E-state index contributed by atoms with van der Waals surface area (Å²) in [7, 11) is 0. The number of ether oxygens (including phenoxy) is 2. The van der Waals surface area contributed by atoms with Gasteiger partial charge in [-0.15, -0.1) is 0 Å². The fraction of sp³-hybridized carbons (Fsp3) is 0.630. The van der Waals surface area contributed by atoms with E-state index >= 15 is 0 Å². The fourth-order valence-electron chi connectivity index (χ4n) is 5.78. The van der Waals surface area contributed by atoms with Crippen LogP contribution in [-0.2, 0) is 14.3 Å². The predicted molar refractivity (Wildman–Crippen MR) is 225 cm³/mol. The molecule has 1 heterocycles. The molecule has 1 aliphatic heterocycles. The molecule has 1 rings (SSSR count). The molecule has 0 spiro atoms. The van der Waals surface area contributed by atoms with Crippen molar-refractivity contribution in [3.05, 3.63) is 97.2 Å². The second-order valence-electron chi connectivity index (χ2n) is 14.0. The van der Waals surface area contributed by atoms with E-state index in [-0.39, 0.29) is 12.5 Å². The van der Waals surface area contributed by atoms with Crippen molar-refractivity contribution in [2.45, 2.75) is 172 Å². The van der Waals surface area contributed by atoms with E-state index in [1.807, 2.05) is 6.08 Å². The summed E-state index contributed by atoms with van der Waals surface area (Å²) in [5.41, 5.74) is 0. The van der Waals surface area contributed by atoms with Crippen molar-refractivity contribution in [1.82, 2.24) is 5.32 Å². The molecule has 1 fully saturated rings. The largest absolute Gasteiger partial charge is 0.394 e. The molecule has 0 aliphatic carbocycles. The molecule has 312 valence electrons. The third-order valence-corrected chi connectivity index (χ3v) is 9.16. The Labute approximate surface area is 333 Å².